The quantitative estimate of drug-likeness (QED) is 0.874. The van der Waals surface area contributed by atoms with E-state index in [1.165, 1.54) is 35.6 Å². The van der Waals surface area contributed by atoms with Crippen LogP contribution in [0.15, 0.2) is 12.1 Å². The van der Waals surface area contributed by atoms with Crippen molar-refractivity contribution in [2.24, 2.45) is 5.73 Å². The van der Waals surface area contributed by atoms with Gasteiger partial charge in [-0.3, -0.25) is 4.90 Å². The van der Waals surface area contributed by atoms with Crippen LogP contribution in [0.2, 0.25) is 0 Å². The van der Waals surface area contributed by atoms with Gasteiger partial charge in [0.05, 0.1) is 6.04 Å². The Labute approximate surface area is 102 Å². The molecule has 3 heteroatoms. The van der Waals surface area contributed by atoms with Gasteiger partial charge in [0.1, 0.15) is 0 Å². The topological polar surface area (TPSA) is 29.3 Å². The summed E-state index contributed by atoms with van der Waals surface area (Å²) in [5.41, 5.74) is 5.98. The van der Waals surface area contributed by atoms with E-state index in [0.29, 0.717) is 6.04 Å². The van der Waals surface area contributed by atoms with E-state index in [4.69, 9.17) is 5.73 Å². The first-order chi connectivity index (χ1) is 7.76. The fourth-order valence-electron chi connectivity index (χ4n) is 2.75. The van der Waals surface area contributed by atoms with Crippen LogP contribution in [0.5, 0.6) is 0 Å². The molecule has 2 atom stereocenters. The van der Waals surface area contributed by atoms with E-state index in [1.54, 1.807) is 0 Å². The molecule has 0 saturated carbocycles. The average molecular weight is 238 g/mol. The third kappa shape index (κ3) is 2.31. The third-order valence-corrected chi connectivity index (χ3v) is 4.71. The molecular formula is C13H22N2S. The second-order valence-corrected chi connectivity index (χ2v) is 5.96. The van der Waals surface area contributed by atoms with Gasteiger partial charge in [-0.2, -0.15) is 0 Å². The first-order valence-corrected chi connectivity index (χ1v) is 7.10. The Morgan fingerprint density at radius 2 is 2.38 bits per heavy atom. The van der Waals surface area contributed by atoms with Crippen LogP contribution in [0.4, 0.5) is 0 Å². The molecule has 2 N–H and O–H groups in total. The van der Waals surface area contributed by atoms with Crippen LogP contribution >= 0.6 is 11.3 Å². The van der Waals surface area contributed by atoms with Crippen LogP contribution in [0.3, 0.4) is 0 Å². The number of hydrogen-bond acceptors (Lipinski definition) is 3. The number of nitrogens with two attached hydrogens (primary N) is 1. The van der Waals surface area contributed by atoms with Crippen LogP contribution in [-0.2, 0) is 0 Å². The van der Waals surface area contributed by atoms with E-state index in [0.717, 1.165) is 12.6 Å². The van der Waals surface area contributed by atoms with Crippen molar-refractivity contribution in [3.63, 3.8) is 0 Å². The maximum atomic E-state index is 5.98. The number of aryl methyl sites for hydroxylation is 1. The zero-order chi connectivity index (χ0) is 11.5. The lowest BCUT2D eigenvalue weighted by molar-refractivity contribution is 0.183. The average Bonchev–Trinajstić information content (AvgIpc) is 2.89. The Bertz CT molecular complexity index is 334. The van der Waals surface area contributed by atoms with Crippen LogP contribution in [0, 0.1) is 6.92 Å². The summed E-state index contributed by atoms with van der Waals surface area (Å²) in [5, 5.41) is 0. The molecule has 1 aliphatic rings. The molecule has 2 unspecified atom stereocenters. The molecule has 1 aliphatic heterocycles. The monoisotopic (exact) mass is 238 g/mol. The molecule has 1 aromatic rings. The van der Waals surface area contributed by atoms with Gasteiger partial charge in [0.2, 0.25) is 0 Å². The molecule has 1 aromatic heterocycles. The number of likely N-dealkylation sites (tertiary alicyclic amines) is 1. The van der Waals surface area contributed by atoms with Crippen LogP contribution in [0.1, 0.15) is 42.0 Å². The van der Waals surface area contributed by atoms with E-state index < -0.39 is 0 Å². The highest BCUT2D eigenvalue weighted by molar-refractivity contribution is 7.12. The summed E-state index contributed by atoms with van der Waals surface area (Å²) in [7, 11) is 0. The molecule has 2 rings (SSSR count). The lowest BCUT2D eigenvalue weighted by Crippen LogP contribution is -2.36. The molecule has 0 bridgehead atoms. The highest BCUT2D eigenvalue weighted by Crippen LogP contribution is 2.33. The zero-order valence-electron chi connectivity index (χ0n) is 10.3. The molecule has 0 aromatic carbocycles. The predicted octanol–water partition coefficient (Wildman–Crippen LogP) is 2.93. The number of nitrogens with zero attached hydrogens (tertiary/aromatic N) is 1. The van der Waals surface area contributed by atoms with Gasteiger partial charge in [0.15, 0.2) is 0 Å². The lowest BCUT2D eigenvalue weighted by atomic mass is 10.1. The van der Waals surface area contributed by atoms with Crippen molar-refractivity contribution in [3.8, 4) is 0 Å². The van der Waals surface area contributed by atoms with Crippen LogP contribution < -0.4 is 5.73 Å². The normalized spacial score (nSPS) is 23.8. The van der Waals surface area contributed by atoms with Gasteiger partial charge in [-0.05, 0) is 44.9 Å². The second kappa shape index (κ2) is 5.30. The molecule has 16 heavy (non-hydrogen) atoms. The first kappa shape index (κ1) is 12.1. The van der Waals surface area contributed by atoms with Crippen LogP contribution in [0.25, 0.3) is 0 Å². The van der Waals surface area contributed by atoms with Crippen molar-refractivity contribution in [2.45, 2.75) is 45.2 Å². The summed E-state index contributed by atoms with van der Waals surface area (Å²) < 4.78 is 0. The SMILES string of the molecule is CCC1CCCN1C(CN)c1ccc(C)s1. The van der Waals surface area contributed by atoms with E-state index in [1.807, 2.05) is 11.3 Å². The summed E-state index contributed by atoms with van der Waals surface area (Å²) in [6, 6.07) is 5.66. The van der Waals surface area contributed by atoms with E-state index in [2.05, 4.69) is 30.9 Å². The fraction of sp³-hybridized carbons (Fsp3) is 0.692. The van der Waals surface area contributed by atoms with E-state index in [9.17, 15) is 0 Å². The Morgan fingerprint density at radius 1 is 1.56 bits per heavy atom. The summed E-state index contributed by atoms with van der Waals surface area (Å²) >= 11 is 1.90. The molecular weight excluding hydrogens is 216 g/mol. The molecule has 1 saturated heterocycles. The second-order valence-electron chi connectivity index (χ2n) is 4.64. The molecule has 0 spiro atoms. The molecule has 0 radical (unpaired) electrons. The lowest BCUT2D eigenvalue weighted by Gasteiger charge is -2.31. The molecule has 2 nitrogen and oxygen atoms in total. The van der Waals surface area contributed by atoms with Crippen molar-refractivity contribution >= 4 is 11.3 Å². The minimum Gasteiger partial charge on any atom is -0.329 e. The summed E-state index contributed by atoms with van der Waals surface area (Å²) in [6.07, 6.45) is 3.93. The summed E-state index contributed by atoms with van der Waals surface area (Å²) in [6.45, 7) is 6.42. The largest absolute Gasteiger partial charge is 0.329 e. The minimum atomic E-state index is 0.450. The zero-order valence-corrected chi connectivity index (χ0v) is 11.1. The predicted molar refractivity (Wildman–Crippen MR) is 70.9 cm³/mol. The maximum Gasteiger partial charge on any atom is 0.0566 e. The van der Waals surface area contributed by atoms with E-state index >= 15 is 0 Å². The highest BCUT2D eigenvalue weighted by Gasteiger charge is 2.30. The Balaban J connectivity index is 2.15. The van der Waals surface area contributed by atoms with Crippen LogP contribution in [-0.4, -0.2) is 24.0 Å². The third-order valence-electron chi connectivity index (χ3n) is 3.61. The van der Waals surface area contributed by atoms with E-state index in [-0.39, 0.29) is 0 Å². The van der Waals surface area contributed by atoms with Crippen molar-refractivity contribution in [3.05, 3.63) is 21.9 Å². The first-order valence-electron chi connectivity index (χ1n) is 6.28. The van der Waals surface area contributed by atoms with Gasteiger partial charge in [-0.1, -0.05) is 6.92 Å². The van der Waals surface area contributed by atoms with Gasteiger partial charge >= 0.3 is 0 Å². The Morgan fingerprint density at radius 3 is 2.94 bits per heavy atom. The fourth-order valence-corrected chi connectivity index (χ4v) is 3.77. The van der Waals surface area contributed by atoms with Gasteiger partial charge in [-0.15, -0.1) is 11.3 Å². The van der Waals surface area contributed by atoms with Gasteiger partial charge < -0.3 is 5.73 Å². The van der Waals surface area contributed by atoms with Gasteiger partial charge in [0.25, 0.3) is 0 Å². The smallest absolute Gasteiger partial charge is 0.0566 e. The number of hydrogen-bond donors (Lipinski definition) is 1. The molecule has 2 heterocycles. The summed E-state index contributed by atoms with van der Waals surface area (Å²) in [4.78, 5) is 5.45. The number of thiophene rings is 1. The highest BCUT2D eigenvalue weighted by atomic mass is 32.1. The molecule has 90 valence electrons. The van der Waals surface area contributed by atoms with Gasteiger partial charge in [0, 0.05) is 22.3 Å². The Kier molecular flexibility index (Phi) is 4.00. The van der Waals surface area contributed by atoms with Crippen molar-refractivity contribution in [1.29, 1.82) is 0 Å². The van der Waals surface area contributed by atoms with Crippen molar-refractivity contribution in [1.82, 2.24) is 4.90 Å². The Hall–Kier alpha value is -0.380. The number of rotatable bonds is 4. The molecule has 1 fully saturated rings. The summed E-state index contributed by atoms with van der Waals surface area (Å²) in [5.74, 6) is 0. The molecule has 0 aliphatic carbocycles. The minimum absolute atomic E-state index is 0.450. The molecule has 0 amide bonds. The standard InChI is InChI=1S/C13H22N2S/c1-3-11-5-4-8-15(11)12(9-14)13-7-6-10(2)16-13/h6-7,11-12H,3-5,8-9,14H2,1-2H3. The maximum absolute atomic E-state index is 5.98. The van der Waals surface area contributed by atoms with Gasteiger partial charge in [-0.25, -0.2) is 0 Å². The van der Waals surface area contributed by atoms with Crippen molar-refractivity contribution < 1.29 is 0 Å². The van der Waals surface area contributed by atoms with Crippen molar-refractivity contribution in [2.75, 3.05) is 13.1 Å².